The van der Waals surface area contributed by atoms with Crippen LogP contribution in [-0.4, -0.2) is 21.0 Å². The molecule has 222 valence electrons. The van der Waals surface area contributed by atoms with Gasteiger partial charge < -0.3 is 4.57 Å². The van der Waals surface area contributed by atoms with Crippen LogP contribution in [0.5, 0.6) is 0 Å². The van der Waals surface area contributed by atoms with E-state index >= 15 is 0 Å². The van der Waals surface area contributed by atoms with E-state index in [1.54, 1.807) is 0 Å². The third-order valence-corrected chi connectivity index (χ3v) is 8.62. The minimum absolute atomic E-state index is 0.0570. The van der Waals surface area contributed by atoms with Crippen LogP contribution in [0.1, 0.15) is 81.7 Å². The van der Waals surface area contributed by atoms with Crippen LogP contribution < -0.4 is 0 Å². The minimum Gasteiger partial charge on any atom is -0.326 e. The standard InChI is InChI=1S/C36H42F3N3/c1-3-4-23-42-34(33(30-18-10-6-11-19-30)40-35(42)31-20-12-7-13-21-31)27(2)41(25-28-15-8-5-9-16-28)26-29-17-14-22-32(24-29)36(37,38)39/h6-7,10-14,17-22,24,27-28H,3-5,8-9,15-16,23,25-26H2,1-2H3/t27-/m0/s1. The fraction of sp³-hybridized carbons (Fsp3) is 0.417. The second-order valence-corrected chi connectivity index (χ2v) is 11.7. The highest BCUT2D eigenvalue weighted by atomic mass is 19.4. The van der Waals surface area contributed by atoms with Gasteiger partial charge in [0.15, 0.2) is 0 Å². The van der Waals surface area contributed by atoms with Gasteiger partial charge in [-0.25, -0.2) is 4.98 Å². The lowest BCUT2D eigenvalue weighted by Crippen LogP contribution is -2.34. The maximum atomic E-state index is 13.7. The molecule has 1 aromatic heterocycles. The molecule has 1 aliphatic rings. The van der Waals surface area contributed by atoms with Gasteiger partial charge in [0.1, 0.15) is 5.82 Å². The maximum Gasteiger partial charge on any atom is 0.416 e. The van der Waals surface area contributed by atoms with Gasteiger partial charge in [-0.05, 0) is 43.7 Å². The van der Waals surface area contributed by atoms with E-state index in [2.05, 4.69) is 47.6 Å². The van der Waals surface area contributed by atoms with Crippen molar-refractivity contribution in [3.8, 4) is 22.6 Å². The number of alkyl halides is 3. The SMILES string of the molecule is CCCCn1c(-c2ccccc2)nc(-c2ccccc2)c1[C@H](C)N(Cc1cccc(C(F)(F)F)c1)CC1CCCCC1. The first-order chi connectivity index (χ1) is 20.3. The van der Waals surface area contributed by atoms with Crippen molar-refractivity contribution in [2.45, 2.75) is 84.1 Å². The lowest BCUT2D eigenvalue weighted by molar-refractivity contribution is -0.137. The predicted octanol–water partition coefficient (Wildman–Crippen LogP) is 10.2. The van der Waals surface area contributed by atoms with E-state index in [-0.39, 0.29) is 6.04 Å². The minimum atomic E-state index is -4.36. The number of nitrogens with zero attached hydrogens (tertiary/aromatic N) is 3. The van der Waals surface area contributed by atoms with E-state index in [9.17, 15) is 13.2 Å². The molecule has 0 spiro atoms. The quantitative estimate of drug-likeness (QED) is 0.178. The van der Waals surface area contributed by atoms with Gasteiger partial charge in [0, 0.05) is 36.8 Å². The highest BCUT2D eigenvalue weighted by Gasteiger charge is 2.32. The highest BCUT2D eigenvalue weighted by molar-refractivity contribution is 5.69. The molecule has 0 amide bonds. The van der Waals surface area contributed by atoms with Gasteiger partial charge in [0.05, 0.1) is 17.0 Å². The van der Waals surface area contributed by atoms with Gasteiger partial charge in [-0.3, -0.25) is 4.90 Å². The van der Waals surface area contributed by atoms with Crippen molar-refractivity contribution in [2.75, 3.05) is 6.54 Å². The molecule has 1 aliphatic carbocycles. The number of imidazole rings is 1. The zero-order chi connectivity index (χ0) is 29.5. The molecular formula is C36H42F3N3. The third-order valence-electron chi connectivity index (χ3n) is 8.62. The van der Waals surface area contributed by atoms with E-state index in [1.807, 2.05) is 42.5 Å². The first kappa shape index (κ1) is 30.1. The van der Waals surface area contributed by atoms with Crippen molar-refractivity contribution in [2.24, 2.45) is 5.92 Å². The zero-order valence-corrected chi connectivity index (χ0v) is 24.8. The Bertz CT molecular complexity index is 1410. The fourth-order valence-electron chi connectivity index (χ4n) is 6.36. The number of benzene rings is 3. The molecule has 1 heterocycles. The van der Waals surface area contributed by atoms with Crippen molar-refractivity contribution in [1.82, 2.24) is 14.5 Å². The van der Waals surface area contributed by atoms with E-state index in [0.717, 1.165) is 60.3 Å². The second-order valence-electron chi connectivity index (χ2n) is 11.7. The Labute approximate surface area is 248 Å². The summed E-state index contributed by atoms with van der Waals surface area (Å²) < 4.78 is 43.3. The van der Waals surface area contributed by atoms with Crippen LogP contribution >= 0.6 is 0 Å². The van der Waals surface area contributed by atoms with Crippen LogP contribution in [0.3, 0.4) is 0 Å². The molecule has 1 fully saturated rings. The van der Waals surface area contributed by atoms with Crippen molar-refractivity contribution in [1.29, 1.82) is 0 Å². The normalized spacial score (nSPS) is 15.3. The Morgan fingerprint density at radius 2 is 1.55 bits per heavy atom. The van der Waals surface area contributed by atoms with Crippen LogP contribution in [0.2, 0.25) is 0 Å². The summed E-state index contributed by atoms with van der Waals surface area (Å²) in [5, 5.41) is 0. The number of aromatic nitrogens is 2. The van der Waals surface area contributed by atoms with Gasteiger partial charge in [-0.2, -0.15) is 13.2 Å². The molecule has 0 unspecified atom stereocenters. The fourth-order valence-corrected chi connectivity index (χ4v) is 6.36. The molecule has 0 radical (unpaired) electrons. The molecular weight excluding hydrogens is 531 g/mol. The maximum absolute atomic E-state index is 13.7. The molecule has 5 rings (SSSR count). The molecule has 3 aromatic carbocycles. The molecule has 42 heavy (non-hydrogen) atoms. The zero-order valence-electron chi connectivity index (χ0n) is 24.8. The summed E-state index contributed by atoms with van der Waals surface area (Å²) in [4.78, 5) is 7.70. The number of unbranched alkanes of at least 4 members (excludes halogenated alkanes) is 1. The Morgan fingerprint density at radius 1 is 0.881 bits per heavy atom. The van der Waals surface area contributed by atoms with Crippen LogP contribution in [-0.2, 0) is 19.3 Å². The third kappa shape index (κ3) is 7.15. The molecule has 6 heteroatoms. The second kappa shape index (κ2) is 13.7. The van der Waals surface area contributed by atoms with Gasteiger partial charge in [-0.1, -0.05) is 111 Å². The van der Waals surface area contributed by atoms with E-state index in [0.29, 0.717) is 18.0 Å². The molecule has 0 bridgehead atoms. The average molecular weight is 574 g/mol. The summed E-state index contributed by atoms with van der Waals surface area (Å²) in [7, 11) is 0. The van der Waals surface area contributed by atoms with Crippen LogP contribution in [0.25, 0.3) is 22.6 Å². The number of hydrogen-bond donors (Lipinski definition) is 0. The summed E-state index contributed by atoms with van der Waals surface area (Å²) in [6.45, 7) is 6.56. The summed E-state index contributed by atoms with van der Waals surface area (Å²) in [5.74, 6) is 1.48. The Hall–Kier alpha value is -3.38. The van der Waals surface area contributed by atoms with E-state index in [4.69, 9.17) is 4.98 Å². The Morgan fingerprint density at radius 3 is 2.19 bits per heavy atom. The van der Waals surface area contributed by atoms with Crippen LogP contribution in [0, 0.1) is 5.92 Å². The highest BCUT2D eigenvalue weighted by Crippen LogP contribution is 2.38. The smallest absolute Gasteiger partial charge is 0.326 e. The van der Waals surface area contributed by atoms with Crippen LogP contribution in [0.15, 0.2) is 84.9 Å². The predicted molar refractivity (Wildman–Crippen MR) is 165 cm³/mol. The van der Waals surface area contributed by atoms with Gasteiger partial charge in [0.25, 0.3) is 0 Å². The van der Waals surface area contributed by atoms with Crippen molar-refractivity contribution >= 4 is 0 Å². The molecule has 1 atom stereocenters. The van der Waals surface area contributed by atoms with Crippen molar-refractivity contribution < 1.29 is 13.2 Å². The number of halogens is 3. The van der Waals surface area contributed by atoms with Gasteiger partial charge in [0.2, 0.25) is 0 Å². The molecule has 3 nitrogen and oxygen atoms in total. The summed E-state index contributed by atoms with van der Waals surface area (Å²) in [5.41, 5.74) is 4.32. The van der Waals surface area contributed by atoms with E-state index in [1.165, 1.54) is 44.2 Å². The Balaban J connectivity index is 1.62. The van der Waals surface area contributed by atoms with E-state index < -0.39 is 11.7 Å². The van der Waals surface area contributed by atoms with Crippen LogP contribution in [0.4, 0.5) is 13.2 Å². The van der Waals surface area contributed by atoms with Crippen molar-refractivity contribution in [3.05, 3.63) is 102 Å². The molecule has 1 saturated carbocycles. The lowest BCUT2D eigenvalue weighted by atomic mass is 9.88. The average Bonchev–Trinajstić information content (AvgIpc) is 3.40. The first-order valence-electron chi connectivity index (χ1n) is 15.5. The molecule has 0 aliphatic heterocycles. The summed E-state index contributed by atoms with van der Waals surface area (Å²) in [6.07, 6.45) is 3.75. The van der Waals surface area contributed by atoms with Gasteiger partial charge >= 0.3 is 6.18 Å². The topological polar surface area (TPSA) is 21.1 Å². The number of rotatable bonds is 11. The summed E-state index contributed by atoms with van der Waals surface area (Å²) in [6, 6.07) is 26.4. The number of hydrogen-bond acceptors (Lipinski definition) is 2. The Kier molecular flexibility index (Phi) is 9.84. The molecule has 0 saturated heterocycles. The van der Waals surface area contributed by atoms with Crippen molar-refractivity contribution in [3.63, 3.8) is 0 Å². The summed E-state index contributed by atoms with van der Waals surface area (Å²) >= 11 is 0. The first-order valence-corrected chi connectivity index (χ1v) is 15.5. The monoisotopic (exact) mass is 573 g/mol. The molecule has 0 N–H and O–H groups in total. The largest absolute Gasteiger partial charge is 0.416 e. The lowest BCUT2D eigenvalue weighted by Gasteiger charge is -2.35. The molecule has 4 aromatic rings. The van der Waals surface area contributed by atoms with Gasteiger partial charge in [-0.15, -0.1) is 0 Å².